The molecule has 0 saturated carbocycles. The number of benzene rings is 1. The summed E-state index contributed by atoms with van der Waals surface area (Å²) in [5.74, 6) is 0.919. The van der Waals surface area contributed by atoms with E-state index in [1.807, 2.05) is 43.9 Å². The normalized spacial score (nSPS) is 21.3. The average molecular weight is 449 g/mol. The van der Waals surface area contributed by atoms with Gasteiger partial charge in [-0.05, 0) is 63.8 Å². The van der Waals surface area contributed by atoms with Gasteiger partial charge in [-0.25, -0.2) is 0 Å². The summed E-state index contributed by atoms with van der Waals surface area (Å²) < 4.78 is 23.0. The molecule has 1 unspecified atom stereocenters. The number of hydrogen-bond acceptors (Lipinski definition) is 6. The number of amides is 1. The Morgan fingerprint density at radius 3 is 2.59 bits per heavy atom. The Morgan fingerprint density at radius 2 is 1.97 bits per heavy atom. The fourth-order valence-corrected chi connectivity index (χ4v) is 4.81. The molecule has 2 heterocycles. The number of ether oxygens (including phenoxy) is 4. The van der Waals surface area contributed by atoms with Crippen LogP contribution in [0.1, 0.15) is 49.0 Å². The molecule has 1 aromatic carbocycles. The van der Waals surface area contributed by atoms with Crippen LogP contribution in [0.25, 0.3) is 0 Å². The number of carbonyl (C=O) groups excluding carboxylic acids is 1. The fourth-order valence-electron chi connectivity index (χ4n) is 4.81. The van der Waals surface area contributed by atoms with Gasteiger partial charge in [0.1, 0.15) is 5.75 Å². The minimum absolute atomic E-state index is 0.0645. The number of methoxy groups -OCH3 is 2. The van der Waals surface area contributed by atoms with Crippen molar-refractivity contribution in [3.05, 3.63) is 29.3 Å². The van der Waals surface area contributed by atoms with Crippen LogP contribution in [0.4, 0.5) is 0 Å². The van der Waals surface area contributed by atoms with Crippen molar-refractivity contribution >= 4 is 5.91 Å². The van der Waals surface area contributed by atoms with Crippen LogP contribution in [-0.2, 0) is 14.2 Å². The molecule has 0 radical (unpaired) electrons. The molecular formula is C25H40N2O5. The molecule has 1 atom stereocenters. The summed E-state index contributed by atoms with van der Waals surface area (Å²) in [7, 11) is 3.47. The number of hydrogen-bond donors (Lipinski definition) is 0. The second-order valence-electron chi connectivity index (χ2n) is 9.40. The number of morpholine rings is 1. The summed E-state index contributed by atoms with van der Waals surface area (Å²) in [5.41, 5.74) is 1.50. The van der Waals surface area contributed by atoms with Crippen molar-refractivity contribution in [3.8, 4) is 5.75 Å². The Labute approximate surface area is 192 Å². The average Bonchev–Trinajstić information content (AvgIpc) is 2.75. The second kappa shape index (κ2) is 11.5. The zero-order chi connectivity index (χ0) is 23.1. The van der Waals surface area contributed by atoms with Gasteiger partial charge in [-0.15, -0.1) is 0 Å². The number of aryl methyl sites for hydroxylation is 1. The van der Waals surface area contributed by atoms with Gasteiger partial charge in [-0.1, -0.05) is 0 Å². The van der Waals surface area contributed by atoms with Gasteiger partial charge in [-0.2, -0.15) is 0 Å². The molecule has 3 rings (SSSR count). The van der Waals surface area contributed by atoms with Gasteiger partial charge in [0.15, 0.2) is 0 Å². The Balaban J connectivity index is 1.62. The quantitative estimate of drug-likeness (QED) is 0.541. The highest BCUT2D eigenvalue weighted by atomic mass is 16.5. The molecule has 2 aliphatic rings. The third kappa shape index (κ3) is 6.44. The summed E-state index contributed by atoms with van der Waals surface area (Å²) in [6, 6.07) is 5.72. The highest BCUT2D eigenvalue weighted by Gasteiger charge is 2.43. The maximum Gasteiger partial charge on any atom is 0.253 e. The Morgan fingerprint density at radius 1 is 1.22 bits per heavy atom. The van der Waals surface area contributed by atoms with Gasteiger partial charge in [-0.3, -0.25) is 9.69 Å². The molecule has 0 N–H and O–H groups in total. The van der Waals surface area contributed by atoms with Crippen molar-refractivity contribution in [2.45, 2.75) is 57.8 Å². The third-order valence-corrected chi connectivity index (χ3v) is 6.31. The van der Waals surface area contributed by atoms with E-state index in [0.717, 1.165) is 62.4 Å². The summed E-state index contributed by atoms with van der Waals surface area (Å²) in [6.07, 6.45) is 2.86. The molecule has 1 spiro atoms. The Hall–Kier alpha value is -1.67. The van der Waals surface area contributed by atoms with Crippen LogP contribution in [-0.4, -0.2) is 93.7 Å². The predicted octanol–water partition coefficient (Wildman–Crippen LogP) is 3.14. The number of nitrogens with zero attached hydrogens (tertiary/aromatic N) is 2. The molecule has 2 fully saturated rings. The van der Waals surface area contributed by atoms with E-state index in [2.05, 4.69) is 4.90 Å². The smallest absolute Gasteiger partial charge is 0.253 e. The lowest BCUT2D eigenvalue weighted by Gasteiger charge is -2.50. The molecule has 7 heteroatoms. The second-order valence-corrected chi connectivity index (χ2v) is 9.40. The van der Waals surface area contributed by atoms with Crippen molar-refractivity contribution in [2.24, 2.45) is 0 Å². The Kier molecular flexibility index (Phi) is 8.94. The van der Waals surface area contributed by atoms with Crippen LogP contribution in [0.3, 0.4) is 0 Å². The summed E-state index contributed by atoms with van der Waals surface area (Å²) in [4.78, 5) is 17.6. The molecule has 2 saturated heterocycles. The van der Waals surface area contributed by atoms with Crippen molar-refractivity contribution in [1.82, 2.24) is 9.80 Å². The van der Waals surface area contributed by atoms with E-state index in [1.54, 1.807) is 14.2 Å². The zero-order valence-electron chi connectivity index (χ0n) is 20.4. The van der Waals surface area contributed by atoms with Crippen molar-refractivity contribution in [1.29, 1.82) is 0 Å². The van der Waals surface area contributed by atoms with Crippen LogP contribution in [0, 0.1) is 6.92 Å². The Bertz CT molecular complexity index is 746. The number of piperidine rings is 1. The molecule has 1 aromatic rings. The van der Waals surface area contributed by atoms with Crippen molar-refractivity contribution in [2.75, 3.05) is 60.2 Å². The van der Waals surface area contributed by atoms with E-state index >= 15 is 0 Å². The molecule has 32 heavy (non-hydrogen) atoms. The SMILES string of the molecule is COCCCN1CC(COC)OC2(CCN(C(=O)c3ccc(OC(C)C)c(C)c3)CC2)C1. The van der Waals surface area contributed by atoms with E-state index in [9.17, 15) is 4.79 Å². The van der Waals surface area contributed by atoms with Gasteiger partial charge >= 0.3 is 0 Å². The highest BCUT2D eigenvalue weighted by molar-refractivity contribution is 5.94. The lowest BCUT2D eigenvalue weighted by atomic mass is 9.88. The van der Waals surface area contributed by atoms with E-state index in [-0.39, 0.29) is 23.7 Å². The first-order chi connectivity index (χ1) is 15.4. The monoisotopic (exact) mass is 448 g/mol. The number of likely N-dealkylation sites (tertiary alicyclic amines) is 1. The minimum atomic E-state index is -0.212. The van der Waals surface area contributed by atoms with Crippen LogP contribution in [0.15, 0.2) is 18.2 Å². The highest BCUT2D eigenvalue weighted by Crippen LogP contribution is 2.33. The van der Waals surface area contributed by atoms with Gasteiger partial charge in [0.2, 0.25) is 0 Å². The molecular weight excluding hydrogens is 408 g/mol. The standard InChI is InChI=1S/C25H40N2O5/c1-19(2)31-23-8-7-21(15-20(23)3)24(28)27-12-9-25(10-13-27)18-26(11-6-14-29-4)16-22(32-25)17-30-5/h7-8,15,19,22H,6,9-14,16-18H2,1-5H3. The van der Waals surface area contributed by atoms with Crippen LogP contribution in [0.2, 0.25) is 0 Å². The van der Waals surface area contributed by atoms with Gasteiger partial charge < -0.3 is 23.8 Å². The predicted molar refractivity (Wildman–Crippen MR) is 124 cm³/mol. The first-order valence-electron chi connectivity index (χ1n) is 11.8. The van der Waals surface area contributed by atoms with E-state index in [1.165, 1.54) is 0 Å². The zero-order valence-corrected chi connectivity index (χ0v) is 20.4. The maximum absolute atomic E-state index is 13.2. The van der Waals surface area contributed by atoms with Crippen molar-refractivity contribution in [3.63, 3.8) is 0 Å². The van der Waals surface area contributed by atoms with Crippen LogP contribution < -0.4 is 4.74 Å². The first-order valence-corrected chi connectivity index (χ1v) is 11.8. The lowest BCUT2D eigenvalue weighted by Crippen LogP contribution is -2.61. The molecule has 1 amide bonds. The summed E-state index contributed by atoms with van der Waals surface area (Å²) in [6.45, 7) is 11.5. The molecule has 0 aliphatic carbocycles. The number of carbonyl (C=O) groups is 1. The molecule has 0 aromatic heterocycles. The van der Waals surface area contributed by atoms with Gasteiger partial charge in [0.25, 0.3) is 5.91 Å². The van der Waals surface area contributed by atoms with E-state index in [0.29, 0.717) is 19.7 Å². The van der Waals surface area contributed by atoms with Gasteiger partial charge in [0.05, 0.1) is 24.4 Å². The first kappa shape index (κ1) is 25.0. The lowest BCUT2D eigenvalue weighted by molar-refractivity contribution is -0.185. The van der Waals surface area contributed by atoms with Crippen molar-refractivity contribution < 1.29 is 23.7 Å². The molecule has 180 valence electrons. The van der Waals surface area contributed by atoms with Crippen LogP contribution in [0.5, 0.6) is 5.75 Å². The molecule has 2 aliphatic heterocycles. The summed E-state index contributed by atoms with van der Waals surface area (Å²) >= 11 is 0. The van der Waals surface area contributed by atoms with Gasteiger partial charge in [0, 0.05) is 59.1 Å². The van der Waals surface area contributed by atoms with E-state index in [4.69, 9.17) is 18.9 Å². The topological polar surface area (TPSA) is 60.5 Å². The molecule has 7 nitrogen and oxygen atoms in total. The fraction of sp³-hybridized carbons (Fsp3) is 0.720. The third-order valence-electron chi connectivity index (χ3n) is 6.31. The minimum Gasteiger partial charge on any atom is -0.491 e. The maximum atomic E-state index is 13.2. The van der Waals surface area contributed by atoms with Crippen LogP contribution >= 0.6 is 0 Å². The summed E-state index contributed by atoms with van der Waals surface area (Å²) in [5, 5.41) is 0. The molecule has 0 bridgehead atoms. The number of rotatable bonds is 9. The largest absolute Gasteiger partial charge is 0.491 e. The van der Waals surface area contributed by atoms with E-state index < -0.39 is 0 Å².